The van der Waals surface area contributed by atoms with E-state index in [1.54, 1.807) is 0 Å². The highest BCUT2D eigenvalue weighted by atomic mass is 16.6. The molecular weight excluding hydrogens is 242 g/mol. The van der Waals surface area contributed by atoms with Gasteiger partial charge >= 0.3 is 6.09 Å². The molecule has 0 spiro atoms. The standard InChI is InChI=1S/C14H29N3O2/c1-14(2,3)19-13(18)15-12-7-6-8-17(11-12)10-9-16(4)5/h12H,6-11H2,1-5H3,(H,15,18)/t12-/m0/s1. The molecule has 1 saturated heterocycles. The van der Waals surface area contributed by atoms with Crippen molar-refractivity contribution in [1.29, 1.82) is 0 Å². The van der Waals surface area contributed by atoms with Gasteiger partial charge in [0.25, 0.3) is 0 Å². The van der Waals surface area contributed by atoms with Gasteiger partial charge in [0.05, 0.1) is 0 Å². The van der Waals surface area contributed by atoms with E-state index in [1.807, 2.05) is 20.8 Å². The van der Waals surface area contributed by atoms with Crippen LogP contribution >= 0.6 is 0 Å². The number of hydrogen-bond donors (Lipinski definition) is 1. The quantitative estimate of drug-likeness (QED) is 0.842. The van der Waals surface area contributed by atoms with E-state index in [-0.39, 0.29) is 12.1 Å². The molecule has 0 aromatic heterocycles. The first-order valence-corrected chi connectivity index (χ1v) is 7.13. The van der Waals surface area contributed by atoms with Crippen molar-refractivity contribution in [2.24, 2.45) is 0 Å². The van der Waals surface area contributed by atoms with Crippen molar-refractivity contribution in [3.63, 3.8) is 0 Å². The minimum absolute atomic E-state index is 0.214. The molecule has 0 radical (unpaired) electrons. The molecule has 1 amide bonds. The van der Waals surface area contributed by atoms with Gasteiger partial charge in [0, 0.05) is 25.7 Å². The minimum Gasteiger partial charge on any atom is -0.444 e. The molecule has 1 heterocycles. The van der Waals surface area contributed by atoms with Gasteiger partial charge in [-0.25, -0.2) is 4.79 Å². The highest BCUT2D eigenvalue weighted by Gasteiger charge is 2.23. The zero-order chi connectivity index (χ0) is 14.5. The second kappa shape index (κ2) is 7.10. The van der Waals surface area contributed by atoms with E-state index in [0.29, 0.717) is 0 Å². The molecule has 1 N–H and O–H groups in total. The summed E-state index contributed by atoms with van der Waals surface area (Å²) < 4.78 is 5.30. The monoisotopic (exact) mass is 271 g/mol. The van der Waals surface area contributed by atoms with Crippen molar-refractivity contribution < 1.29 is 9.53 Å². The Labute approximate surface area is 117 Å². The fourth-order valence-electron chi connectivity index (χ4n) is 2.19. The smallest absolute Gasteiger partial charge is 0.407 e. The van der Waals surface area contributed by atoms with Gasteiger partial charge in [-0.15, -0.1) is 0 Å². The predicted octanol–water partition coefficient (Wildman–Crippen LogP) is 1.54. The van der Waals surface area contributed by atoms with E-state index in [0.717, 1.165) is 39.0 Å². The average molecular weight is 271 g/mol. The van der Waals surface area contributed by atoms with E-state index >= 15 is 0 Å². The maximum Gasteiger partial charge on any atom is 0.407 e. The SMILES string of the molecule is CN(C)CCN1CCC[C@H](NC(=O)OC(C)(C)C)C1. The number of rotatable bonds is 4. The molecule has 5 heteroatoms. The van der Waals surface area contributed by atoms with Gasteiger partial charge in [0.1, 0.15) is 5.60 Å². The number of carbonyl (C=O) groups excluding carboxylic acids is 1. The van der Waals surface area contributed by atoms with Crippen LogP contribution in [0.25, 0.3) is 0 Å². The number of ether oxygens (including phenoxy) is 1. The Kier molecular flexibility index (Phi) is 6.07. The number of hydrogen-bond acceptors (Lipinski definition) is 4. The molecule has 0 aliphatic carbocycles. The van der Waals surface area contributed by atoms with Crippen LogP contribution < -0.4 is 5.32 Å². The number of piperidine rings is 1. The molecule has 1 aliphatic heterocycles. The summed E-state index contributed by atoms with van der Waals surface area (Å²) in [6.07, 6.45) is 1.87. The van der Waals surface area contributed by atoms with Crippen LogP contribution in [0.1, 0.15) is 33.6 Å². The number of likely N-dealkylation sites (tertiary alicyclic amines) is 1. The van der Waals surface area contributed by atoms with Gasteiger partial charge in [-0.1, -0.05) is 0 Å². The number of alkyl carbamates (subject to hydrolysis) is 1. The predicted molar refractivity (Wildman–Crippen MR) is 77.4 cm³/mol. The first kappa shape index (κ1) is 16.2. The van der Waals surface area contributed by atoms with Crippen LogP contribution in [0.3, 0.4) is 0 Å². The van der Waals surface area contributed by atoms with Crippen LogP contribution in [0.15, 0.2) is 0 Å². The lowest BCUT2D eigenvalue weighted by molar-refractivity contribution is 0.0470. The number of carbonyl (C=O) groups is 1. The van der Waals surface area contributed by atoms with E-state index in [9.17, 15) is 4.79 Å². The summed E-state index contributed by atoms with van der Waals surface area (Å²) in [7, 11) is 4.17. The highest BCUT2D eigenvalue weighted by Crippen LogP contribution is 2.12. The average Bonchev–Trinajstić information content (AvgIpc) is 2.24. The molecular formula is C14H29N3O2. The van der Waals surface area contributed by atoms with Gasteiger partial charge in [-0.05, 0) is 54.3 Å². The Morgan fingerprint density at radius 2 is 2.11 bits per heavy atom. The number of likely N-dealkylation sites (N-methyl/N-ethyl adjacent to an activating group) is 1. The van der Waals surface area contributed by atoms with Crippen molar-refractivity contribution in [3.05, 3.63) is 0 Å². The number of nitrogens with zero attached hydrogens (tertiary/aromatic N) is 2. The summed E-state index contributed by atoms with van der Waals surface area (Å²) >= 11 is 0. The molecule has 0 saturated carbocycles. The lowest BCUT2D eigenvalue weighted by Gasteiger charge is -2.34. The molecule has 1 rings (SSSR count). The highest BCUT2D eigenvalue weighted by molar-refractivity contribution is 5.68. The Morgan fingerprint density at radius 3 is 2.68 bits per heavy atom. The maximum atomic E-state index is 11.7. The van der Waals surface area contributed by atoms with E-state index in [1.165, 1.54) is 0 Å². The second-order valence-electron chi connectivity index (χ2n) is 6.59. The van der Waals surface area contributed by atoms with Crippen molar-refractivity contribution in [3.8, 4) is 0 Å². The summed E-state index contributed by atoms with van der Waals surface area (Å²) in [5, 5.41) is 2.98. The largest absolute Gasteiger partial charge is 0.444 e. The lowest BCUT2D eigenvalue weighted by atomic mass is 10.1. The summed E-state index contributed by atoms with van der Waals surface area (Å²) in [4.78, 5) is 16.3. The lowest BCUT2D eigenvalue weighted by Crippen LogP contribution is -2.49. The van der Waals surface area contributed by atoms with Crippen molar-refractivity contribution >= 4 is 6.09 Å². The van der Waals surface area contributed by atoms with E-state index in [2.05, 4.69) is 29.2 Å². The van der Waals surface area contributed by atoms with Crippen molar-refractivity contribution in [1.82, 2.24) is 15.1 Å². The molecule has 0 aromatic carbocycles. The fraction of sp³-hybridized carbons (Fsp3) is 0.929. The molecule has 5 nitrogen and oxygen atoms in total. The molecule has 0 unspecified atom stereocenters. The zero-order valence-corrected chi connectivity index (χ0v) is 13.0. The molecule has 19 heavy (non-hydrogen) atoms. The van der Waals surface area contributed by atoms with Gasteiger partial charge < -0.3 is 19.9 Å². The Bertz CT molecular complexity index is 287. The van der Waals surface area contributed by atoms with Crippen molar-refractivity contribution in [2.75, 3.05) is 40.3 Å². The molecule has 1 atom stereocenters. The van der Waals surface area contributed by atoms with Gasteiger partial charge in [0.15, 0.2) is 0 Å². The second-order valence-corrected chi connectivity index (χ2v) is 6.59. The molecule has 0 aromatic rings. The normalized spacial score (nSPS) is 21.5. The van der Waals surface area contributed by atoms with Crippen molar-refractivity contribution in [2.45, 2.75) is 45.3 Å². The summed E-state index contributed by atoms with van der Waals surface area (Å²) in [5.41, 5.74) is -0.427. The minimum atomic E-state index is -0.427. The topological polar surface area (TPSA) is 44.8 Å². The van der Waals surface area contributed by atoms with Crippen LogP contribution in [-0.2, 0) is 4.74 Å². The summed E-state index contributed by atoms with van der Waals surface area (Å²) in [5.74, 6) is 0. The van der Waals surface area contributed by atoms with Crippen LogP contribution in [0.4, 0.5) is 4.79 Å². The van der Waals surface area contributed by atoms with Gasteiger partial charge in [0.2, 0.25) is 0 Å². The molecule has 1 aliphatic rings. The number of nitrogens with one attached hydrogen (secondary N) is 1. The van der Waals surface area contributed by atoms with Crippen LogP contribution in [0.2, 0.25) is 0 Å². The Morgan fingerprint density at radius 1 is 1.42 bits per heavy atom. The Hall–Kier alpha value is -0.810. The third-order valence-electron chi connectivity index (χ3n) is 3.09. The van der Waals surface area contributed by atoms with Gasteiger partial charge in [-0.2, -0.15) is 0 Å². The third kappa shape index (κ3) is 7.38. The van der Waals surface area contributed by atoms with Crippen LogP contribution in [0.5, 0.6) is 0 Å². The van der Waals surface area contributed by atoms with E-state index < -0.39 is 5.60 Å². The first-order chi connectivity index (χ1) is 8.76. The third-order valence-corrected chi connectivity index (χ3v) is 3.09. The van der Waals surface area contributed by atoms with Crippen LogP contribution in [0, 0.1) is 0 Å². The number of amides is 1. The maximum absolute atomic E-state index is 11.7. The Balaban J connectivity index is 2.32. The van der Waals surface area contributed by atoms with Gasteiger partial charge in [-0.3, -0.25) is 0 Å². The summed E-state index contributed by atoms with van der Waals surface area (Å²) in [6.45, 7) is 9.82. The molecule has 0 bridgehead atoms. The van der Waals surface area contributed by atoms with E-state index in [4.69, 9.17) is 4.74 Å². The fourth-order valence-corrected chi connectivity index (χ4v) is 2.19. The molecule has 1 fully saturated rings. The molecule has 112 valence electrons. The first-order valence-electron chi connectivity index (χ1n) is 7.13. The summed E-state index contributed by atoms with van der Waals surface area (Å²) in [6, 6.07) is 0.214. The zero-order valence-electron chi connectivity index (χ0n) is 13.0. The van der Waals surface area contributed by atoms with Crippen LogP contribution in [-0.4, -0.2) is 67.8 Å².